The Hall–Kier alpha value is -2.48. The van der Waals surface area contributed by atoms with Crippen molar-refractivity contribution in [2.75, 3.05) is 30.9 Å². The average Bonchev–Trinajstić information content (AvgIpc) is 3.01. The molecule has 0 aromatic heterocycles. The monoisotopic (exact) mass is 410 g/mol. The standard InChI is InChI=1S/C21H27FN4O3/c1-21(2,3)25-8-6-24(7-9-25)17-10-13-12-26(20(29)14(13)11-15(17)22)16-4-5-18(27)23-19(16)28/h10-11,16H,4-9,12H2,1-3H3,(H,23,27,28)/i6D2,7D2,8D2,9D2. The van der Waals surface area contributed by atoms with Gasteiger partial charge in [0, 0.05) is 55.5 Å². The fourth-order valence-electron chi connectivity index (χ4n) is 3.46. The topological polar surface area (TPSA) is 73.0 Å². The fraction of sp³-hybridized carbons (Fsp3) is 0.571. The maximum Gasteiger partial charge on any atom is 0.255 e. The fourth-order valence-corrected chi connectivity index (χ4v) is 3.46. The maximum absolute atomic E-state index is 15.5. The number of benzene rings is 1. The quantitative estimate of drug-likeness (QED) is 0.749. The van der Waals surface area contributed by atoms with Gasteiger partial charge in [-0.3, -0.25) is 24.6 Å². The predicted octanol–water partition coefficient (Wildman–Crippen LogP) is 1.51. The molecular formula is C21H27FN4O3. The van der Waals surface area contributed by atoms with Gasteiger partial charge in [0.05, 0.1) is 11.2 Å². The number of piperidine rings is 1. The number of amides is 3. The van der Waals surface area contributed by atoms with Crippen LogP contribution in [-0.2, 0) is 16.1 Å². The molecule has 8 heteroatoms. The molecule has 0 saturated carbocycles. The van der Waals surface area contributed by atoms with Crippen molar-refractivity contribution < 1.29 is 29.7 Å². The lowest BCUT2D eigenvalue weighted by atomic mass is 10.0. The van der Waals surface area contributed by atoms with Crippen LogP contribution in [0.5, 0.6) is 0 Å². The first-order chi connectivity index (χ1) is 16.7. The highest BCUT2D eigenvalue weighted by atomic mass is 19.1. The second-order valence-corrected chi connectivity index (χ2v) is 8.15. The Kier molecular flexibility index (Phi) is 3.00. The van der Waals surface area contributed by atoms with Crippen molar-refractivity contribution in [3.05, 3.63) is 29.1 Å². The molecule has 0 bridgehead atoms. The molecule has 3 aliphatic heterocycles. The summed E-state index contributed by atoms with van der Waals surface area (Å²) in [6, 6.07) is 0.746. The molecule has 156 valence electrons. The molecule has 1 aromatic carbocycles. The van der Waals surface area contributed by atoms with Gasteiger partial charge in [0.15, 0.2) is 0 Å². The predicted molar refractivity (Wildman–Crippen MR) is 106 cm³/mol. The molecule has 0 aliphatic carbocycles. The summed E-state index contributed by atoms with van der Waals surface area (Å²) in [5.74, 6) is -3.14. The smallest absolute Gasteiger partial charge is 0.255 e. The SMILES string of the molecule is [2H]C1([2H])N(c2cc3c(cc2F)C(=O)N(C2CCC(=O)NC2=O)C3)C([2H])([2H])C([2H])([2H])N(C(C)(C)C)C1([2H])[2H]. The number of hydrogen-bond acceptors (Lipinski definition) is 5. The number of nitrogens with one attached hydrogen (secondary N) is 1. The first kappa shape index (κ1) is 12.3. The molecule has 1 N–H and O–H groups in total. The summed E-state index contributed by atoms with van der Waals surface area (Å²) in [6.07, 6.45) is 0.0544. The zero-order valence-electron chi connectivity index (χ0n) is 24.3. The van der Waals surface area contributed by atoms with Gasteiger partial charge in [-0.05, 0) is 44.9 Å². The van der Waals surface area contributed by atoms with Gasteiger partial charge in [0.1, 0.15) is 11.9 Å². The summed E-state index contributed by atoms with van der Waals surface area (Å²) in [7, 11) is 0. The molecule has 4 rings (SSSR count). The van der Waals surface area contributed by atoms with Crippen LogP contribution >= 0.6 is 0 Å². The van der Waals surface area contributed by atoms with Crippen molar-refractivity contribution in [2.45, 2.75) is 51.7 Å². The Bertz CT molecular complexity index is 1170. The summed E-state index contributed by atoms with van der Waals surface area (Å²) in [6.45, 7) is -8.82. The van der Waals surface area contributed by atoms with Gasteiger partial charge in [-0.25, -0.2) is 4.39 Å². The van der Waals surface area contributed by atoms with Gasteiger partial charge in [-0.15, -0.1) is 0 Å². The van der Waals surface area contributed by atoms with E-state index in [1.807, 2.05) is 0 Å². The molecular weight excluding hydrogens is 375 g/mol. The molecule has 0 spiro atoms. The zero-order chi connectivity index (χ0) is 28.1. The van der Waals surface area contributed by atoms with Crippen LogP contribution in [0.25, 0.3) is 0 Å². The number of carbonyl (C=O) groups excluding carboxylic acids is 3. The minimum absolute atomic E-state index is 0.00122. The third-order valence-electron chi connectivity index (χ3n) is 5.05. The van der Waals surface area contributed by atoms with Crippen LogP contribution in [-0.4, -0.2) is 65.1 Å². The van der Waals surface area contributed by atoms with Crippen LogP contribution in [0.1, 0.15) is 60.5 Å². The Morgan fingerprint density at radius 2 is 1.83 bits per heavy atom. The van der Waals surface area contributed by atoms with Gasteiger partial charge >= 0.3 is 0 Å². The van der Waals surface area contributed by atoms with Crippen LogP contribution in [0.3, 0.4) is 0 Å². The number of imide groups is 1. The number of piperazine rings is 1. The molecule has 1 unspecified atom stereocenters. The highest BCUT2D eigenvalue weighted by Gasteiger charge is 2.40. The third kappa shape index (κ3) is 3.61. The minimum atomic E-state index is -3.28. The molecule has 1 aromatic rings. The van der Waals surface area contributed by atoms with E-state index in [2.05, 4.69) is 5.32 Å². The summed E-state index contributed by atoms with van der Waals surface area (Å²) in [4.78, 5) is 38.5. The van der Waals surface area contributed by atoms with Crippen LogP contribution < -0.4 is 10.2 Å². The first-order valence-corrected chi connectivity index (χ1v) is 9.25. The van der Waals surface area contributed by atoms with E-state index < -0.39 is 66.8 Å². The number of rotatable bonds is 2. The summed E-state index contributed by atoms with van der Waals surface area (Å²) < 4.78 is 83.9. The Morgan fingerprint density at radius 1 is 1.14 bits per heavy atom. The van der Waals surface area contributed by atoms with Crippen LogP contribution in [0.15, 0.2) is 12.1 Å². The number of anilines is 1. The Labute approximate surface area is 181 Å². The van der Waals surface area contributed by atoms with Crippen molar-refractivity contribution >= 4 is 23.4 Å². The number of nitrogens with zero attached hydrogens (tertiary/aromatic N) is 3. The number of hydrogen-bond donors (Lipinski definition) is 1. The molecule has 2 fully saturated rings. The number of halogens is 1. The highest BCUT2D eigenvalue weighted by Crippen LogP contribution is 2.33. The van der Waals surface area contributed by atoms with Gasteiger partial charge in [0.25, 0.3) is 5.91 Å². The molecule has 29 heavy (non-hydrogen) atoms. The summed E-state index contributed by atoms with van der Waals surface area (Å²) in [5, 5.41) is 2.14. The van der Waals surface area contributed by atoms with E-state index in [0.29, 0.717) is 4.90 Å². The van der Waals surface area contributed by atoms with E-state index in [4.69, 9.17) is 11.0 Å². The Balaban J connectivity index is 1.82. The van der Waals surface area contributed by atoms with Gasteiger partial charge < -0.3 is 9.80 Å². The molecule has 3 amide bonds. The zero-order valence-corrected chi connectivity index (χ0v) is 16.3. The van der Waals surface area contributed by atoms with Crippen molar-refractivity contribution in [2.24, 2.45) is 0 Å². The summed E-state index contributed by atoms with van der Waals surface area (Å²) in [5.41, 5.74) is -2.16. The van der Waals surface area contributed by atoms with Crippen LogP contribution in [0.2, 0.25) is 0 Å². The summed E-state index contributed by atoms with van der Waals surface area (Å²) >= 11 is 0. The van der Waals surface area contributed by atoms with Crippen molar-refractivity contribution in [3.63, 3.8) is 0 Å². The molecule has 2 saturated heterocycles. The lowest BCUT2D eigenvalue weighted by molar-refractivity contribution is -0.136. The Morgan fingerprint density at radius 3 is 2.45 bits per heavy atom. The van der Waals surface area contributed by atoms with Gasteiger partial charge in [-0.1, -0.05) is 0 Å². The average molecular weight is 411 g/mol. The highest BCUT2D eigenvalue weighted by molar-refractivity contribution is 6.05. The second kappa shape index (κ2) is 7.09. The molecule has 7 nitrogen and oxygen atoms in total. The van der Waals surface area contributed by atoms with E-state index in [9.17, 15) is 14.4 Å². The minimum Gasteiger partial charge on any atom is -0.367 e. The van der Waals surface area contributed by atoms with Crippen molar-refractivity contribution in [3.8, 4) is 0 Å². The van der Waals surface area contributed by atoms with E-state index in [0.717, 1.165) is 17.0 Å². The largest absolute Gasteiger partial charge is 0.367 e. The molecule has 3 heterocycles. The van der Waals surface area contributed by atoms with Gasteiger partial charge in [0.2, 0.25) is 11.8 Å². The first-order valence-electron chi connectivity index (χ1n) is 13.2. The van der Waals surface area contributed by atoms with Gasteiger partial charge in [-0.2, -0.15) is 0 Å². The van der Waals surface area contributed by atoms with E-state index in [1.54, 1.807) is 0 Å². The lowest BCUT2D eigenvalue weighted by Crippen LogP contribution is -2.53. The van der Waals surface area contributed by atoms with Crippen LogP contribution in [0, 0.1) is 5.82 Å². The number of carbonyl (C=O) groups is 3. The van der Waals surface area contributed by atoms with E-state index >= 15 is 4.39 Å². The van der Waals surface area contributed by atoms with E-state index in [1.165, 1.54) is 20.8 Å². The van der Waals surface area contributed by atoms with Crippen LogP contribution in [0.4, 0.5) is 10.1 Å². The number of fused-ring (bicyclic) bond motifs is 1. The van der Waals surface area contributed by atoms with Crippen molar-refractivity contribution in [1.29, 1.82) is 0 Å². The second-order valence-electron chi connectivity index (χ2n) is 8.15. The molecule has 3 aliphatic rings. The van der Waals surface area contributed by atoms with E-state index in [-0.39, 0.29) is 35.4 Å². The molecule has 0 radical (unpaired) electrons. The molecule has 1 atom stereocenters. The maximum atomic E-state index is 15.5. The third-order valence-corrected chi connectivity index (χ3v) is 5.05. The lowest BCUT2D eigenvalue weighted by Gasteiger charge is -2.43. The van der Waals surface area contributed by atoms with Crippen molar-refractivity contribution in [1.82, 2.24) is 15.1 Å². The normalized spacial score (nSPS) is 34.5.